The molecule has 1 amide bonds. The van der Waals surface area contributed by atoms with Crippen LogP contribution in [0.5, 0.6) is 0 Å². The average Bonchev–Trinajstić information content (AvgIpc) is 1.98. The van der Waals surface area contributed by atoms with Gasteiger partial charge in [-0.1, -0.05) is 27.5 Å². The van der Waals surface area contributed by atoms with Gasteiger partial charge in [0.1, 0.15) is 0 Å². The van der Waals surface area contributed by atoms with E-state index in [1.807, 2.05) is 14.1 Å². The highest BCUT2D eigenvalue weighted by atomic mass is 79.9. The number of halogens is 2. The van der Waals surface area contributed by atoms with Crippen molar-refractivity contribution < 1.29 is 4.79 Å². The third kappa shape index (κ3) is 4.64. The van der Waals surface area contributed by atoms with Crippen molar-refractivity contribution in [2.45, 2.75) is 0 Å². The van der Waals surface area contributed by atoms with E-state index in [2.05, 4.69) is 21.2 Å². The Bertz CT molecular complexity index is 348. The molecule has 82 valence electrons. The topological polar surface area (TPSA) is 32.3 Å². The normalized spacial score (nSPS) is 10.5. The maximum atomic E-state index is 11.4. The molecule has 1 aromatic carbocycles. The number of likely N-dealkylation sites (N-methyl/N-ethyl adjacent to an activating group) is 1. The van der Waals surface area contributed by atoms with Gasteiger partial charge in [0.05, 0.1) is 6.54 Å². The Morgan fingerprint density at radius 1 is 1.47 bits per heavy atom. The number of anilines is 1. The number of hydrogen-bond donors (Lipinski definition) is 1. The van der Waals surface area contributed by atoms with Crippen LogP contribution in [0.25, 0.3) is 0 Å². The lowest BCUT2D eigenvalue weighted by Crippen LogP contribution is -2.27. The average molecular weight is 292 g/mol. The number of hydrogen-bond acceptors (Lipinski definition) is 2. The number of benzene rings is 1. The second kappa shape index (κ2) is 5.49. The maximum absolute atomic E-state index is 11.4. The zero-order valence-electron chi connectivity index (χ0n) is 8.55. The standard InChI is InChI=1S/C10H12BrClN2O/c1-14(2)6-10(15)13-9-4-7(11)3-8(12)5-9/h3-5H,6H2,1-2H3,(H,13,15). The van der Waals surface area contributed by atoms with Crippen LogP contribution in [-0.2, 0) is 4.79 Å². The summed E-state index contributed by atoms with van der Waals surface area (Å²) in [6, 6.07) is 5.28. The summed E-state index contributed by atoms with van der Waals surface area (Å²) in [5, 5.41) is 3.35. The van der Waals surface area contributed by atoms with Gasteiger partial charge in [-0.15, -0.1) is 0 Å². The number of amides is 1. The summed E-state index contributed by atoms with van der Waals surface area (Å²) in [5.74, 6) is -0.0610. The first kappa shape index (κ1) is 12.5. The highest BCUT2D eigenvalue weighted by Gasteiger charge is 2.04. The number of carbonyl (C=O) groups is 1. The molecule has 0 saturated carbocycles. The van der Waals surface area contributed by atoms with Crippen molar-refractivity contribution in [2.75, 3.05) is 26.0 Å². The molecule has 0 spiro atoms. The van der Waals surface area contributed by atoms with Gasteiger partial charge in [-0.05, 0) is 32.3 Å². The summed E-state index contributed by atoms with van der Waals surface area (Å²) in [6.45, 7) is 0.351. The molecule has 0 bridgehead atoms. The number of rotatable bonds is 3. The summed E-state index contributed by atoms with van der Waals surface area (Å²) in [7, 11) is 3.68. The highest BCUT2D eigenvalue weighted by Crippen LogP contribution is 2.22. The lowest BCUT2D eigenvalue weighted by molar-refractivity contribution is -0.116. The molecule has 0 aliphatic heterocycles. The minimum absolute atomic E-state index is 0.0610. The molecule has 0 atom stereocenters. The molecule has 0 aliphatic carbocycles. The Morgan fingerprint density at radius 2 is 2.13 bits per heavy atom. The zero-order valence-corrected chi connectivity index (χ0v) is 10.9. The van der Waals surface area contributed by atoms with E-state index in [9.17, 15) is 4.79 Å². The molecule has 0 aliphatic rings. The summed E-state index contributed by atoms with van der Waals surface area (Å²) in [5.41, 5.74) is 0.696. The molecule has 0 unspecified atom stereocenters. The van der Waals surface area contributed by atoms with E-state index in [1.165, 1.54) is 0 Å². The summed E-state index contributed by atoms with van der Waals surface area (Å²) < 4.78 is 0.843. The van der Waals surface area contributed by atoms with Crippen LogP contribution in [0.1, 0.15) is 0 Å². The second-order valence-electron chi connectivity index (χ2n) is 3.44. The van der Waals surface area contributed by atoms with Crippen LogP contribution in [0.4, 0.5) is 5.69 Å². The molecule has 3 nitrogen and oxygen atoms in total. The first-order valence-electron chi connectivity index (χ1n) is 4.38. The van der Waals surface area contributed by atoms with Gasteiger partial charge in [0.2, 0.25) is 5.91 Å². The van der Waals surface area contributed by atoms with E-state index in [1.54, 1.807) is 23.1 Å². The van der Waals surface area contributed by atoms with E-state index in [-0.39, 0.29) is 5.91 Å². The van der Waals surface area contributed by atoms with Gasteiger partial charge in [-0.3, -0.25) is 4.79 Å². The fourth-order valence-electron chi connectivity index (χ4n) is 1.11. The fourth-order valence-corrected chi connectivity index (χ4v) is 1.97. The van der Waals surface area contributed by atoms with E-state index in [0.29, 0.717) is 17.3 Å². The Hall–Kier alpha value is -0.580. The van der Waals surface area contributed by atoms with Crippen molar-refractivity contribution in [3.63, 3.8) is 0 Å². The second-order valence-corrected chi connectivity index (χ2v) is 4.80. The largest absolute Gasteiger partial charge is 0.325 e. The van der Waals surface area contributed by atoms with Crippen LogP contribution < -0.4 is 5.32 Å². The van der Waals surface area contributed by atoms with Gasteiger partial charge < -0.3 is 10.2 Å². The van der Waals surface area contributed by atoms with Gasteiger partial charge in [-0.2, -0.15) is 0 Å². The van der Waals surface area contributed by atoms with Gasteiger partial charge in [0, 0.05) is 15.2 Å². The third-order valence-electron chi connectivity index (χ3n) is 1.61. The quantitative estimate of drug-likeness (QED) is 0.928. The Labute approximate surface area is 103 Å². The zero-order chi connectivity index (χ0) is 11.4. The van der Waals surface area contributed by atoms with E-state index < -0.39 is 0 Å². The molecule has 1 rings (SSSR count). The number of nitrogens with one attached hydrogen (secondary N) is 1. The first-order chi connectivity index (χ1) is 6.97. The van der Waals surface area contributed by atoms with Gasteiger partial charge in [0.25, 0.3) is 0 Å². The fraction of sp³-hybridized carbons (Fsp3) is 0.300. The Morgan fingerprint density at radius 3 is 2.67 bits per heavy atom. The molecule has 1 aromatic rings. The summed E-state index contributed by atoms with van der Waals surface area (Å²) >= 11 is 9.16. The molecule has 0 aromatic heterocycles. The van der Waals surface area contributed by atoms with Gasteiger partial charge in [0.15, 0.2) is 0 Å². The molecule has 0 heterocycles. The van der Waals surface area contributed by atoms with Crippen molar-refractivity contribution in [1.29, 1.82) is 0 Å². The van der Waals surface area contributed by atoms with Crippen molar-refractivity contribution in [3.8, 4) is 0 Å². The van der Waals surface area contributed by atoms with E-state index in [4.69, 9.17) is 11.6 Å². The molecule has 1 N–H and O–H groups in total. The number of nitrogens with zero attached hydrogens (tertiary/aromatic N) is 1. The van der Waals surface area contributed by atoms with Crippen molar-refractivity contribution in [1.82, 2.24) is 4.90 Å². The minimum atomic E-state index is -0.0610. The molecular formula is C10H12BrClN2O. The summed E-state index contributed by atoms with van der Waals surface area (Å²) in [6.07, 6.45) is 0. The van der Waals surface area contributed by atoms with Gasteiger partial charge in [-0.25, -0.2) is 0 Å². The smallest absolute Gasteiger partial charge is 0.238 e. The molecule has 0 fully saturated rings. The van der Waals surface area contributed by atoms with E-state index in [0.717, 1.165) is 4.47 Å². The van der Waals surface area contributed by atoms with Crippen LogP contribution in [0, 0.1) is 0 Å². The van der Waals surface area contributed by atoms with Crippen molar-refractivity contribution in [2.24, 2.45) is 0 Å². The SMILES string of the molecule is CN(C)CC(=O)Nc1cc(Cl)cc(Br)c1. The molecule has 15 heavy (non-hydrogen) atoms. The molecule has 0 saturated heterocycles. The third-order valence-corrected chi connectivity index (χ3v) is 2.28. The van der Waals surface area contributed by atoms with Crippen molar-refractivity contribution >= 4 is 39.1 Å². The molecule has 5 heteroatoms. The first-order valence-corrected chi connectivity index (χ1v) is 5.55. The molecule has 0 radical (unpaired) electrons. The minimum Gasteiger partial charge on any atom is -0.325 e. The van der Waals surface area contributed by atoms with Crippen LogP contribution in [0.3, 0.4) is 0 Å². The summed E-state index contributed by atoms with van der Waals surface area (Å²) in [4.78, 5) is 13.2. The monoisotopic (exact) mass is 290 g/mol. The Kier molecular flexibility index (Phi) is 4.57. The number of carbonyl (C=O) groups excluding carboxylic acids is 1. The van der Waals surface area contributed by atoms with Crippen LogP contribution >= 0.6 is 27.5 Å². The predicted molar refractivity (Wildman–Crippen MR) is 66.3 cm³/mol. The molecular weight excluding hydrogens is 279 g/mol. The highest BCUT2D eigenvalue weighted by molar-refractivity contribution is 9.10. The Balaban J connectivity index is 2.68. The van der Waals surface area contributed by atoms with Crippen LogP contribution in [0.2, 0.25) is 5.02 Å². The lowest BCUT2D eigenvalue weighted by atomic mass is 10.3. The lowest BCUT2D eigenvalue weighted by Gasteiger charge is -2.10. The maximum Gasteiger partial charge on any atom is 0.238 e. The predicted octanol–water partition coefficient (Wildman–Crippen LogP) is 2.60. The van der Waals surface area contributed by atoms with Crippen LogP contribution in [0.15, 0.2) is 22.7 Å². The van der Waals surface area contributed by atoms with E-state index >= 15 is 0 Å². The van der Waals surface area contributed by atoms with Crippen LogP contribution in [-0.4, -0.2) is 31.4 Å². The van der Waals surface area contributed by atoms with Gasteiger partial charge >= 0.3 is 0 Å². The van der Waals surface area contributed by atoms with Crippen molar-refractivity contribution in [3.05, 3.63) is 27.7 Å².